The van der Waals surface area contributed by atoms with Crippen molar-refractivity contribution in [2.45, 2.75) is 0 Å². The van der Waals surface area contributed by atoms with Crippen molar-refractivity contribution in [3.63, 3.8) is 0 Å². The third kappa shape index (κ3) is 5.27. The predicted octanol–water partition coefficient (Wildman–Crippen LogP) is 13.4. The topological polar surface area (TPSA) is 13.0 Å². The molecule has 0 aliphatic carbocycles. The van der Waals surface area contributed by atoms with Gasteiger partial charge in [0.2, 0.25) is 0 Å². The molecule has 0 unspecified atom stereocenters. The Hall–Kier alpha value is -8.29. The van der Waals surface area contributed by atoms with Crippen LogP contribution < -0.4 is 51.7 Å². The molecule has 324 valence electrons. The highest BCUT2D eigenvalue weighted by molar-refractivity contribution is 7.33. The summed E-state index contributed by atoms with van der Waals surface area (Å²) in [5.41, 5.74) is 21.0. The molecule has 0 saturated carbocycles. The minimum Gasteiger partial charge on any atom is -0.311 e. The molecule has 4 aliphatic heterocycles. The summed E-state index contributed by atoms with van der Waals surface area (Å²) >= 11 is 3.84. The van der Waals surface area contributed by atoms with Gasteiger partial charge in [-0.1, -0.05) is 127 Å². The van der Waals surface area contributed by atoms with Crippen molar-refractivity contribution in [2.24, 2.45) is 0 Å². The normalized spacial score (nSPS) is 13.8. The zero-order valence-electron chi connectivity index (χ0n) is 37.7. The van der Waals surface area contributed by atoms with Crippen molar-refractivity contribution >= 4 is 167 Å². The van der Waals surface area contributed by atoms with Gasteiger partial charge in [-0.15, -0.1) is 22.7 Å². The highest BCUT2D eigenvalue weighted by Crippen LogP contribution is 2.50. The lowest BCUT2D eigenvalue weighted by Gasteiger charge is -2.46. The van der Waals surface area contributed by atoms with Crippen LogP contribution in [0.25, 0.3) is 30.3 Å². The van der Waals surface area contributed by atoms with E-state index in [2.05, 4.69) is 250 Å². The van der Waals surface area contributed by atoms with Crippen molar-refractivity contribution < 1.29 is 0 Å². The average Bonchev–Trinajstić information content (AvgIpc) is 3.99. The van der Waals surface area contributed by atoms with E-state index in [1.54, 1.807) is 0 Å². The molecule has 4 nitrogen and oxygen atoms in total. The van der Waals surface area contributed by atoms with Crippen molar-refractivity contribution in [1.82, 2.24) is 0 Å². The van der Waals surface area contributed by atoms with Gasteiger partial charge >= 0.3 is 0 Å². The van der Waals surface area contributed by atoms with Crippen LogP contribution in [0.4, 0.5) is 68.2 Å². The van der Waals surface area contributed by atoms with Crippen molar-refractivity contribution in [3.8, 4) is 0 Å². The Balaban J connectivity index is 1.04. The third-order valence-corrected chi connectivity index (χ3v) is 17.5. The maximum atomic E-state index is 2.60. The molecule has 6 heterocycles. The van der Waals surface area contributed by atoms with Gasteiger partial charge in [0, 0.05) is 92.2 Å². The van der Waals surface area contributed by atoms with Crippen molar-refractivity contribution in [2.75, 3.05) is 19.6 Å². The fourth-order valence-corrected chi connectivity index (χ4v) is 14.9. The zero-order valence-corrected chi connectivity index (χ0v) is 39.3. The van der Waals surface area contributed by atoms with Gasteiger partial charge in [-0.2, -0.15) is 0 Å². The number of rotatable bonds is 4. The van der Waals surface area contributed by atoms with Crippen LogP contribution in [0, 0.1) is 0 Å². The van der Waals surface area contributed by atoms with Crippen molar-refractivity contribution in [3.05, 3.63) is 231 Å². The van der Waals surface area contributed by atoms with Crippen LogP contribution in [-0.2, 0) is 0 Å². The summed E-state index contributed by atoms with van der Waals surface area (Å²) in [7, 11) is 0. The van der Waals surface area contributed by atoms with Crippen LogP contribution in [0.2, 0.25) is 0 Å². The standard InChI is InChI=1S/C62H38B2N4S2/c1-5-19-39(20-6-1)65-49-29-17-30-50-59(49)63(46-35-45-43-27-13-15-33-56(43)69-58(45)38-55(46)67(50)41-23-9-3-10-24-41)47-36-54-48(37-53(47)65)64-60-51(66(54)40-21-7-2-8-22-40)31-18-32-52(60)68(42-25-11-4-12-26-42)61-44-28-14-16-34-57(44)70-62(61)64/h1-38H. The molecule has 0 atom stereocenters. The molecule has 2 aromatic heterocycles. The molecule has 0 N–H and O–H groups in total. The van der Waals surface area contributed by atoms with E-state index in [9.17, 15) is 0 Å². The zero-order chi connectivity index (χ0) is 45.6. The molecule has 0 amide bonds. The lowest BCUT2D eigenvalue weighted by molar-refractivity contribution is 1.24. The van der Waals surface area contributed by atoms with E-state index >= 15 is 0 Å². The molecule has 12 aromatic rings. The second-order valence-electron chi connectivity index (χ2n) is 18.8. The summed E-state index contributed by atoms with van der Waals surface area (Å²) in [4.78, 5) is 10.2. The number of fused-ring (bicyclic) bond motifs is 13. The Morgan fingerprint density at radius 1 is 0.271 bits per heavy atom. The van der Waals surface area contributed by atoms with E-state index in [0.29, 0.717) is 0 Å². The molecular formula is C62H38B2N4S2. The number of hydrogen-bond acceptors (Lipinski definition) is 6. The number of para-hydroxylation sites is 4. The predicted molar refractivity (Wildman–Crippen MR) is 303 cm³/mol. The first kappa shape index (κ1) is 38.7. The van der Waals surface area contributed by atoms with E-state index in [1.165, 1.54) is 108 Å². The van der Waals surface area contributed by atoms with Gasteiger partial charge < -0.3 is 19.6 Å². The SMILES string of the molecule is c1ccc(N2c3cc4c(cc3B3c5cc6c(cc5N(c5ccccc5)c5cccc2c53)sc2ccccc26)N(c2ccccc2)c2cccc3c2B4c2sc4ccccc4c2N3c2ccccc2)cc1. The maximum absolute atomic E-state index is 2.60. The fourth-order valence-electron chi connectivity index (χ4n) is 12.4. The minimum atomic E-state index is -0.0605. The Labute approximate surface area is 414 Å². The lowest BCUT2D eigenvalue weighted by Crippen LogP contribution is -2.64. The first-order valence-corrected chi connectivity index (χ1v) is 25.7. The van der Waals surface area contributed by atoms with Crippen LogP contribution in [-0.4, -0.2) is 13.4 Å². The van der Waals surface area contributed by atoms with Gasteiger partial charge in [-0.25, -0.2) is 0 Å². The Morgan fingerprint density at radius 3 is 1.21 bits per heavy atom. The summed E-state index contributed by atoms with van der Waals surface area (Å²) in [5, 5.41) is 3.91. The minimum absolute atomic E-state index is 0.0202. The van der Waals surface area contributed by atoms with Crippen LogP contribution in [0.3, 0.4) is 0 Å². The van der Waals surface area contributed by atoms with Gasteiger partial charge in [-0.05, 0) is 136 Å². The Bertz CT molecular complexity index is 4120. The van der Waals surface area contributed by atoms with E-state index in [-0.39, 0.29) is 13.4 Å². The van der Waals surface area contributed by atoms with Gasteiger partial charge in [-0.3, -0.25) is 0 Å². The summed E-state index contributed by atoms with van der Waals surface area (Å²) in [6, 6.07) is 86.2. The molecule has 0 radical (unpaired) electrons. The molecule has 0 saturated heterocycles. The average molecular weight is 925 g/mol. The number of benzene rings is 10. The molecular weight excluding hydrogens is 886 g/mol. The van der Waals surface area contributed by atoms with Crippen LogP contribution in [0.5, 0.6) is 0 Å². The van der Waals surface area contributed by atoms with Gasteiger partial charge in [0.05, 0.1) is 5.69 Å². The summed E-state index contributed by atoms with van der Waals surface area (Å²) in [6.45, 7) is -0.0807. The lowest BCUT2D eigenvalue weighted by atomic mass is 9.32. The first-order valence-electron chi connectivity index (χ1n) is 24.1. The summed E-state index contributed by atoms with van der Waals surface area (Å²) in [6.07, 6.45) is 0. The molecule has 70 heavy (non-hydrogen) atoms. The highest BCUT2D eigenvalue weighted by Gasteiger charge is 2.49. The second kappa shape index (κ2) is 14.6. The molecule has 0 bridgehead atoms. The summed E-state index contributed by atoms with van der Waals surface area (Å²) < 4.78 is 5.29. The third-order valence-electron chi connectivity index (χ3n) is 15.2. The molecule has 0 spiro atoms. The van der Waals surface area contributed by atoms with E-state index in [4.69, 9.17) is 0 Å². The molecule has 10 aromatic carbocycles. The summed E-state index contributed by atoms with van der Waals surface area (Å²) in [5.74, 6) is 0. The van der Waals surface area contributed by atoms with Crippen LogP contribution in [0.15, 0.2) is 231 Å². The van der Waals surface area contributed by atoms with Gasteiger partial charge in [0.15, 0.2) is 0 Å². The largest absolute Gasteiger partial charge is 0.311 e. The Kier molecular flexibility index (Phi) is 8.07. The number of hydrogen-bond donors (Lipinski definition) is 0. The van der Waals surface area contributed by atoms with E-state index in [0.717, 1.165) is 22.7 Å². The number of thiophene rings is 2. The van der Waals surface area contributed by atoms with Gasteiger partial charge in [0.25, 0.3) is 13.4 Å². The van der Waals surface area contributed by atoms with Gasteiger partial charge in [0.1, 0.15) is 0 Å². The van der Waals surface area contributed by atoms with Crippen molar-refractivity contribution in [1.29, 1.82) is 0 Å². The maximum Gasteiger partial charge on any atom is 0.264 e. The first-order chi connectivity index (χ1) is 34.8. The van der Waals surface area contributed by atoms with E-state index < -0.39 is 0 Å². The monoisotopic (exact) mass is 924 g/mol. The quantitative estimate of drug-likeness (QED) is 0.163. The fraction of sp³-hybridized carbons (Fsp3) is 0. The molecule has 4 aliphatic rings. The Morgan fingerprint density at radius 2 is 0.671 bits per heavy atom. The molecule has 8 heteroatoms. The number of anilines is 12. The molecule has 16 rings (SSSR count). The molecule has 0 fully saturated rings. The second-order valence-corrected chi connectivity index (χ2v) is 20.9. The highest BCUT2D eigenvalue weighted by atomic mass is 32.1. The number of nitrogens with zero attached hydrogens (tertiary/aromatic N) is 4. The smallest absolute Gasteiger partial charge is 0.264 e. The van der Waals surface area contributed by atoms with Crippen LogP contribution in [0.1, 0.15) is 0 Å². The van der Waals surface area contributed by atoms with E-state index in [1.807, 2.05) is 22.7 Å². The van der Waals surface area contributed by atoms with Crippen LogP contribution >= 0.6 is 22.7 Å².